The third kappa shape index (κ3) is 4.62. The van der Waals surface area contributed by atoms with Crippen LogP contribution in [0, 0.1) is 0 Å². The second-order valence-corrected chi connectivity index (χ2v) is 6.49. The number of halogens is 2. The van der Waals surface area contributed by atoms with E-state index < -0.39 is 5.91 Å². The van der Waals surface area contributed by atoms with Gasteiger partial charge in [0.15, 0.2) is 11.0 Å². The van der Waals surface area contributed by atoms with Crippen LogP contribution in [0.15, 0.2) is 23.4 Å². The number of nitrogens with zero attached hydrogens (tertiary/aromatic N) is 3. The summed E-state index contributed by atoms with van der Waals surface area (Å²) in [6.07, 6.45) is 0. The van der Waals surface area contributed by atoms with Gasteiger partial charge in [-0.25, -0.2) is 0 Å². The fraction of sp³-hybridized carbons (Fsp3) is 0.286. The highest BCUT2D eigenvalue weighted by Gasteiger charge is 2.16. The van der Waals surface area contributed by atoms with Crippen molar-refractivity contribution in [3.8, 4) is 11.4 Å². The molecular formula is C14H15Cl2N5O2S. The molecule has 7 nitrogen and oxygen atoms in total. The normalized spacial score (nSPS) is 10.6. The average Bonchev–Trinajstić information content (AvgIpc) is 2.93. The molecule has 2 rings (SSSR count). The second kappa shape index (κ2) is 8.36. The van der Waals surface area contributed by atoms with E-state index in [-0.39, 0.29) is 18.2 Å². The SMILES string of the molecule is CCn1c(SCC(=O)NCC(N)=O)nnc1-c1ccc(Cl)cc1Cl. The zero-order valence-electron chi connectivity index (χ0n) is 12.8. The summed E-state index contributed by atoms with van der Waals surface area (Å²) < 4.78 is 1.85. The molecule has 1 aromatic heterocycles. The van der Waals surface area contributed by atoms with E-state index in [4.69, 9.17) is 28.9 Å². The standard InChI is InChI=1S/C14H15Cl2N5O2S/c1-2-21-13(9-4-3-8(15)5-10(9)16)19-20-14(21)24-7-12(23)18-6-11(17)22/h3-5H,2,6-7H2,1H3,(H2,17,22)(H,18,23). The topological polar surface area (TPSA) is 103 Å². The zero-order chi connectivity index (χ0) is 17.7. The van der Waals surface area contributed by atoms with Crippen molar-refractivity contribution in [1.29, 1.82) is 0 Å². The first kappa shape index (κ1) is 18.6. The van der Waals surface area contributed by atoms with Gasteiger partial charge in [-0.05, 0) is 25.1 Å². The van der Waals surface area contributed by atoms with Gasteiger partial charge in [0.25, 0.3) is 0 Å². The first-order valence-electron chi connectivity index (χ1n) is 6.98. The third-order valence-corrected chi connectivity index (χ3v) is 4.51. The largest absolute Gasteiger partial charge is 0.368 e. The minimum Gasteiger partial charge on any atom is -0.368 e. The van der Waals surface area contributed by atoms with Gasteiger partial charge < -0.3 is 15.6 Å². The molecule has 0 spiro atoms. The summed E-state index contributed by atoms with van der Waals surface area (Å²) in [5.74, 6) is -0.209. The van der Waals surface area contributed by atoms with Crippen LogP contribution in [0.1, 0.15) is 6.92 Å². The lowest BCUT2D eigenvalue weighted by Gasteiger charge is -2.08. The molecule has 3 N–H and O–H groups in total. The smallest absolute Gasteiger partial charge is 0.236 e. The highest BCUT2D eigenvalue weighted by molar-refractivity contribution is 7.99. The number of carbonyl (C=O) groups excluding carboxylic acids is 2. The van der Waals surface area contributed by atoms with Gasteiger partial charge in [0.1, 0.15) is 0 Å². The number of benzene rings is 1. The number of primary amides is 1. The van der Waals surface area contributed by atoms with Crippen LogP contribution in [0.3, 0.4) is 0 Å². The van der Waals surface area contributed by atoms with Gasteiger partial charge in [0.2, 0.25) is 11.8 Å². The lowest BCUT2D eigenvalue weighted by Crippen LogP contribution is -2.34. The van der Waals surface area contributed by atoms with E-state index >= 15 is 0 Å². The Morgan fingerprint density at radius 2 is 2.08 bits per heavy atom. The summed E-state index contributed by atoms with van der Waals surface area (Å²) in [7, 11) is 0. The number of hydrogen-bond acceptors (Lipinski definition) is 5. The number of nitrogens with one attached hydrogen (secondary N) is 1. The van der Waals surface area contributed by atoms with Crippen LogP contribution in [0.2, 0.25) is 10.0 Å². The van der Waals surface area contributed by atoms with Crippen LogP contribution in [0.25, 0.3) is 11.4 Å². The monoisotopic (exact) mass is 387 g/mol. The van der Waals surface area contributed by atoms with Gasteiger partial charge in [0, 0.05) is 17.1 Å². The van der Waals surface area contributed by atoms with E-state index in [1.807, 2.05) is 11.5 Å². The molecule has 0 radical (unpaired) electrons. The summed E-state index contributed by atoms with van der Waals surface area (Å²) in [4.78, 5) is 22.3. The van der Waals surface area contributed by atoms with E-state index in [1.54, 1.807) is 18.2 Å². The Balaban J connectivity index is 2.14. The van der Waals surface area contributed by atoms with Crippen LogP contribution in [0.4, 0.5) is 0 Å². The first-order valence-corrected chi connectivity index (χ1v) is 8.73. The summed E-state index contributed by atoms with van der Waals surface area (Å²) in [6.45, 7) is 2.35. The fourth-order valence-electron chi connectivity index (χ4n) is 1.92. The highest BCUT2D eigenvalue weighted by Crippen LogP contribution is 2.31. The summed E-state index contributed by atoms with van der Waals surface area (Å²) in [5.41, 5.74) is 5.69. The number of aromatic nitrogens is 3. The summed E-state index contributed by atoms with van der Waals surface area (Å²) in [5, 5.41) is 12.3. The molecular weight excluding hydrogens is 373 g/mol. The quantitative estimate of drug-likeness (QED) is 0.706. The Hall–Kier alpha value is -1.77. The minimum absolute atomic E-state index is 0.0970. The zero-order valence-corrected chi connectivity index (χ0v) is 15.1. The van der Waals surface area contributed by atoms with Crippen molar-refractivity contribution >= 4 is 46.8 Å². The Labute approximate surface area is 152 Å². The molecule has 24 heavy (non-hydrogen) atoms. The maximum Gasteiger partial charge on any atom is 0.236 e. The van der Waals surface area contributed by atoms with Crippen LogP contribution in [0.5, 0.6) is 0 Å². The predicted octanol–water partition coefficient (Wildman–Crippen LogP) is 1.97. The molecule has 128 valence electrons. The number of thioether (sulfide) groups is 1. The predicted molar refractivity (Wildman–Crippen MR) is 94.1 cm³/mol. The van der Waals surface area contributed by atoms with Gasteiger partial charge in [-0.15, -0.1) is 10.2 Å². The van der Waals surface area contributed by atoms with Crippen LogP contribution < -0.4 is 11.1 Å². The van der Waals surface area contributed by atoms with Crippen molar-refractivity contribution in [1.82, 2.24) is 20.1 Å². The molecule has 1 heterocycles. The molecule has 2 amide bonds. The number of rotatable bonds is 7. The molecule has 10 heteroatoms. The average molecular weight is 388 g/mol. The Bertz CT molecular complexity index is 766. The molecule has 2 aromatic rings. The van der Waals surface area contributed by atoms with Crippen molar-refractivity contribution < 1.29 is 9.59 Å². The second-order valence-electron chi connectivity index (χ2n) is 4.71. The molecule has 1 aromatic carbocycles. The molecule has 0 saturated carbocycles. The van der Waals surface area contributed by atoms with Crippen LogP contribution >= 0.6 is 35.0 Å². The lowest BCUT2D eigenvalue weighted by molar-refractivity contribution is -0.123. The van der Waals surface area contributed by atoms with Crippen molar-refractivity contribution in [3.63, 3.8) is 0 Å². The number of nitrogens with two attached hydrogens (primary N) is 1. The van der Waals surface area contributed by atoms with E-state index in [0.717, 1.165) is 0 Å². The number of carbonyl (C=O) groups is 2. The van der Waals surface area contributed by atoms with E-state index in [2.05, 4.69) is 15.5 Å². The van der Waals surface area contributed by atoms with Crippen LogP contribution in [-0.4, -0.2) is 38.9 Å². The maximum absolute atomic E-state index is 11.7. The minimum atomic E-state index is -0.593. The molecule has 0 aliphatic rings. The van der Waals surface area contributed by atoms with E-state index in [0.29, 0.717) is 33.1 Å². The van der Waals surface area contributed by atoms with Gasteiger partial charge in [-0.1, -0.05) is 35.0 Å². The van der Waals surface area contributed by atoms with Gasteiger partial charge >= 0.3 is 0 Å². The summed E-state index contributed by atoms with van der Waals surface area (Å²) in [6, 6.07) is 5.13. The number of amides is 2. The van der Waals surface area contributed by atoms with Crippen molar-refractivity contribution in [2.24, 2.45) is 5.73 Å². The van der Waals surface area contributed by atoms with Crippen molar-refractivity contribution in [2.45, 2.75) is 18.6 Å². The molecule has 0 bridgehead atoms. The number of hydrogen-bond donors (Lipinski definition) is 2. The van der Waals surface area contributed by atoms with Crippen molar-refractivity contribution in [3.05, 3.63) is 28.2 Å². The highest BCUT2D eigenvalue weighted by atomic mass is 35.5. The first-order chi connectivity index (χ1) is 11.4. The molecule has 0 unspecified atom stereocenters. The molecule has 0 atom stereocenters. The van der Waals surface area contributed by atoms with Crippen LogP contribution in [-0.2, 0) is 16.1 Å². The Morgan fingerprint density at radius 1 is 1.33 bits per heavy atom. The van der Waals surface area contributed by atoms with Gasteiger partial charge in [0.05, 0.1) is 17.3 Å². The third-order valence-electron chi connectivity index (χ3n) is 3.00. The lowest BCUT2D eigenvalue weighted by atomic mass is 10.2. The molecule has 0 fully saturated rings. The van der Waals surface area contributed by atoms with Crippen molar-refractivity contribution in [2.75, 3.05) is 12.3 Å². The Kier molecular flexibility index (Phi) is 6.47. The molecule has 0 saturated heterocycles. The fourth-order valence-corrected chi connectivity index (χ4v) is 3.24. The van der Waals surface area contributed by atoms with Gasteiger partial charge in [-0.2, -0.15) is 0 Å². The Morgan fingerprint density at radius 3 is 2.71 bits per heavy atom. The maximum atomic E-state index is 11.7. The van der Waals surface area contributed by atoms with E-state index in [1.165, 1.54) is 11.8 Å². The molecule has 0 aliphatic heterocycles. The molecule has 0 aliphatic carbocycles. The summed E-state index contributed by atoms with van der Waals surface area (Å²) >= 11 is 13.3. The van der Waals surface area contributed by atoms with Gasteiger partial charge in [-0.3, -0.25) is 9.59 Å². The van der Waals surface area contributed by atoms with E-state index in [9.17, 15) is 9.59 Å².